The largest absolute Gasteiger partial charge is 0.495 e. The van der Waals surface area contributed by atoms with E-state index < -0.39 is 0 Å². The fourth-order valence-corrected chi connectivity index (χ4v) is 2.40. The van der Waals surface area contributed by atoms with Crippen LogP contribution >= 0.6 is 11.6 Å². The first-order valence-electron chi connectivity index (χ1n) is 7.39. The van der Waals surface area contributed by atoms with Gasteiger partial charge in [-0.2, -0.15) is 0 Å². The first-order chi connectivity index (χ1) is 9.31. The smallest absolute Gasteiger partial charge is 0.137 e. The van der Waals surface area contributed by atoms with Crippen molar-refractivity contribution in [3.63, 3.8) is 0 Å². The number of ether oxygens (including phenoxy) is 1. The number of hydrogen-bond donors (Lipinski definition) is 1. The Morgan fingerprint density at radius 3 is 2.50 bits per heavy atom. The molecule has 0 radical (unpaired) electrons. The molecule has 0 aliphatic heterocycles. The number of nitrogens with one attached hydrogen (secondary N) is 1. The summed E-state index contributed by atoms with van der Waals surface area (Å²) in [7, 11) is 1.64. The fraction of sp³-hybridized carbons (Fsp3) is 0.647. The number of aryl methyl sites for hydroxylation is 1. The summed E-state index contributed by atoms with van der Waals surface area (Å²) in [4.78, 5) is 0. The van der Waals surface area contributed by atoms with Gasteiger partial charge in [-0.1, -0.05) is 24.6 Å². The SMILES string of the molecule is COc1ccc(CCC(C)CCNC(C)(C)C)cc1Cl. The van der Waals surface area contributed by atoms with Gasteiger partial charge in [0.15, 0.2) is 0 Å². The van der Waals surface area contributed by atoms with Crippen LogP contribution in [-0.4, -0.2) is 19.2 Å². The molecule has 0 aromatic heterocycles. The Bertz CT molecular complexity index is 412. The van der Waals surface area contributed by atoms with Crippen LogP contribution in [-0.2, 0) is 6.42 Å². The maximum Gasteiger partial charge on any atom is 0.137 e. The quantitative estimate of drug-likeness (QED) is 0.788. The Morgan fingerprint density at radius 2 is 1.95 bits per heavy atom. The van der Waals surface area contributed by atoms with E-state index in [-0.39, 0.29) is 5.54 Å². The minimum atomic E-state index is 0.212. The van der Waals surface area contributed by atoms with Crippen LogP contribution in [0.3, 0.4) is 0 Å². The fourth-order valence-electron chi connectivity index (χ4n) is 2.12. The average Bonchev–Trinajstić information content (AvgIpc) is 2.35. The Labute approximate surface area is 128 Å². The lowest BCUT2D eigenvalue weighted by atomic mass is 9.97. The second-order valence-corrected chi connectivity index (χ2v) is 6.99. The van der Waals surface area contributed by atoms with E-state index in [0.29, 0.717) is 10.9 Å². The summed E-state index contributed by atoms with van der Waals surface area (Å²) in [6.07, 6.45) is 3.47. The molecule has 0 bridgehead atoms. The van der Waals surface area contributed by atoms with E-state index in [1.165, 1.54) is 18.4 Å². The Morgan fingerprint density at radius 1 is 1.25 bits per heavy atom. The van der Waals surface area contributed by atoms with Crippen molar-refractivity contribution in [1.82, 2.24) is 5.32 Å². The van der Waals surface area contributed by atoms with Gasteiger partial charge in [-0.15, -0.1) is 0 Å². The molecule has 1 N–H and O–H groups in total. The zero-order valence-electron chi connectivity index (χ0n) is 13.4. The molecule has 2 nitrogen and oxygen atoms in total. The summed E-state index contributed by atoms with van der Waals surface area (Å²) >= 11 is 6.14. The first kappa shape index (κ1) is 17.3. The maximum atomic E-state index is 6.14. The summed E-state index contributed by atoms with van der Waals surface area (Å²) < 4.78 is 5.17. The number of rotatable bonds is 7. The Kier molecular flexibility index (Phi) is 6.84. The third kappa shape index (κ3) is 6.62. The van der Waals surface area contributed by atoms with Crippen LogP contribution in [0, 0.1) is 5.92 Å². The van der Waals surface area contributed by atoms with E-state index in [0.717, 1.165) is 18.7 Å². The van der Waals surface area contributed by atoms with Crippen LogP contribution in [0.5, 0.6) is 5.75 Å². The van der Waals surface area contributed by atoms with E-state index in [4.69, 9.17) is 16.3 Å². The van der Waals surface area contributed by atoms with Crippen molar-refractivity contribution in [1.29, 1.82) is 0 Å². The van der Waals surface area contributed by atoms with Crippen LogP contribution in [0.4, 0.5) is 0 Å². The summed E-state index contributed by atoms with van der Waals surface area (Å²) in [5, 5.41) is 4.24. The molecular weight excluding hydrogens is 270 g/mol. The highest BCUT2D eigenvalue weighted by Gasteiger charge is 2.10. The highest BCUT2D eigenvalue weighted by atomic mass is 35.5. The molecule has 0 saturated carbocycles. The molecule has 0 spiro atoms. The van der Waals surface area contributed by atoms with E-state index >= 15 is 0 Å². The van der Waals surface area contributed by atoms with Crippen molar-refractivity contribution in [2.24, 2.45) is 5.92 Å². The zero-order chi connectivity index (χ0) is 15.2. The number of methoxy groups -OCH3 is 1. The standard InChI is InChI=1S/C17H28ClNO/c1-13(10-11-19-17(2,3)4)6-7-14-8-9-16(20-5)15(18)12-14/h8-9,12-13,19H,6-7,10-11H2,1-5H3. The average molecular weight is 298 g/mol. The van der Waals surface area contributed by atoms with Crippen LogP contribution in [0.2, 0.25) is 5.02 Å². The second kappa shape index (κ2) is 7.90. The van der Waals surface area contributed by atoms with Crippen LogP contribution in [0.15, 0.2) is 18.2 Å². The Balaban J connectivity index is 2.34. The van der Waals surface area contributed by atoms with Crippen molar-refractivity contribution >= 4 is 11.6 Å². The number of halogens is 1. The molecule has 1 atom stereocenters. The van der Waals surface area contributed by atoms with E-state index in [1.54, 1.807) is 7.11 Å². The molecule has 1 aromatic carbocycles. The van der Waals surface area contributed by atoms with Gasteiger partial charge in [0.25, 0.3) is 0 Å². The van der Waals surface area contributed by atoms with Crippen molar-refractivity contribution in [3.8, 4) is 5.75 Å². The lowest BCUT2D eigenvalue weighted by molar-refractivity contribution is 0.386. The molecular formula is C17H28ClNO. The highest BCUT2D eigenvalue weighted by molar-refractivity contribution is 6.32. The predicted octanol–water partition coefficient (Wildman–Crippen LogP) is 4.70. The van der Waals surface area contributed by atoms with Crippen LogP contribution in [0.25, 0.3) is 0 Å². The molecule has 3 heteroatoms. The summed E-state index contributed by atoms with van der Waals surface area (Å²) in [6, 6.07) is 6.06. The molecule has 1 rings (SSSR count). The van der Waals surface area contributed by atoms with Gasteiger partial charge in [0.1, 0.15) is 5.75 Å². The number of benzene rings is 1. The van der Waals surface area contributed by atoms with Gasteiger partial charge in [0.2, 0.25) is 0 Å². The predicted molar refractivity (Wildman–Crippen MR) is 87.9 cm³/mol. The van der Waals surface area contributed by atoms with E-state index in [9.17, 15) is 0 Å². The molecule has 0 fully saturated rings. The summed E-state index contributed by atoms with van der Waals surface area (Å²) in [6.45, 7) is 10.0. The third-order valence-corrected chi connectivity index (χ3v) is 3.73. The lowest BCUT2D eigenvalue weighted by Crippen LogP contribution is -2.36. The zero-order valence-corrected chi connectivity index (χ0v) is 14.2. The minimum Gasteiger partial charge on any atom is -0.495 e. The first-order valence-corrected chi connectivity index (χ1v) is 7.77. The van der Waals surface area contributed by atoms with E-state index in [2.05, 4.69) is 39.1 Å². The van der Waals surface area contributed by atoms with Crippen molar-refractivity contribution in [3.05, 3.63) is 28.8 Å². The van der Waals surface area contributed by atoms with Gasteiger partial charge >= 0.3 is 0 Å². The molecule has 0 heterocycles. The molecule has 20 heavy (non-hydrogen) atoms. The van der Waals surface area contributed by atoms with Crippen molar-refractivity contribution < 1.29 is 4.74 Å². The van der Waals surface area contributed by atoms with Crippen molar-refractivity contribution in [2.45, 2.75) is 52.5 Å². The summed E-state index contributed by atoms with van der Waals surface area (Å²) in [5.41, 5.74) is 1.50. The topological polar surface area (TPSA) is 21.3 Å². The monoisotopic (exact) mass is 297 g/mol. The van der Waals surface area contributed by atoms with Gasteiger partial charge in [0, 0.05) is 5.54 Å². The molecule has 0 saturated heterocycles. The van der Waals surface area contributed by atoms with Gasteiger partial charge in [-0.3, -0.25) is 0 Å². The highest BCUT2D eigenvalue weighted by Crippen LogP contribution is 2.26. The third-order valence-electron chi connectivity index (χ3n) is 3.43. The lowest BCUT2D eigenvalue weighted by Gasteiger charge is -2.22. The van der Waals surface area contributed by atoms with Crippen LogP contribution < -0.4 is 10.1 Å². The van der Waals surface area contributed by atoms with Gasteiger partial charge in [-0.25, -0.2) is 0 Å². The molecule has 1 aromatic rings. The van der Waals surface area contributed by atoms with Crippen LogP contribution in [0.1, 0.15) is 46.1 Å². The van der Waals surface area contributed by atoms with Gasteiger partial charge in [0.05, 0.1) is 12.1 Å². The van der Waals surface area contributed by atoms with Gasteiger partial charge in [-0.05, 0) is 70.2 Å². The van der Waals surface area contributed by atoms with Gasteiger partial charge < -0.3 is 10.1 Å². The molecule has 0 aliphatic rings. The second-order valence-electron chi connectivity index (χ2n) is 6.58. The minimum absolute atomic E-state index is 0.212. The molecule has 0 aliphatic carbocycles. The molecule has 114 valence electrons. The van der Waals surface area contributed by atoms with Crippen molar-refractivity contribution in [2.75, 3.05) is 13.7 Å². The number of hydrogen-bond acceptors (Lipinski definition) is 2. The normalized spacial score (nSPS) is 13.3. The molecule has 1 unspecified atom stereocenters. The molecule has 0 amide bonds. The Hall–Kier alpha value is -0.730. The van der Waals surface area contributed by atoms with E-state index in [1.807, 2.05) is 12.1 Å². The maximum absolute atomic E-state index is 6.14. The summed E-state index contributed by atoms with van der Waals surface area (Å²) in [5.74, 6) is 1.46.